The van der Waals surface area contributed by atoms with Gasteiger partial charge in [0.15, 0.2) is 0 Å². The lowest BCUT2D eigenvalue weighted by molar-refractivity contribution is 0.0390. The predicted octanol–water partition coefficient (Wildman–Crippen LogP) is 3.57. The average Bonchev–Trinajstić information content (AvgIpc) is 2.53. The zero-order chi connectivity index (χ0) is 14.8. The first-order valence-electron chi connectivity index (χ1n) is 7.85. The highest BCUT2D eigenvalue weighted by molar-refractivity contribution is 6.29. The third-order valence-electron chi connectivity index (χ3n) is 4.80. The number of aromatic nitrogens is 1. The lowest BCUT2D eigenvalue weighted by atomic mass is 9.78. The van der Waals surface area contributed by atoms with Crippen molar-refractivity contribution in [2.24, 2.45) is 5.92 Å². The SMILES string of the molecule is CNc1cc(C(=O)N2CCCC3CCCCC32)cc(Cl)n1. The van der Waals surface area contributed by atoms with Crippen molar-refractivity contribution >= 4 is 23.3 Å². The Morgan fingerprint density at radius 2 is 2.05 bits per heavy atom. The Hall–Kier alpha value is -1.29. The van der Waals surface area contributed by atoms with Gasteiger partial charge in [0.05, 0.1) is 0 Å². The largest absolute Gasteiger partial charge is 0.373 e. The van der Waals surface area contributed by atoms with Gasteiger partial charge in [-0.15, -0.1) is 0 Å². The molecule has 2 unspecified atom stereocenters. The Balaban J connectivity index is 1.85. The summed E-state index contributed by atoms with van der Waals surface area (Å²) in [4.78, 5) is 19.1. The number of hydrogen-bond acceptors (Lipinski definition) is 3. The molecule has 114 valence electrons. The second kappa shape index (κ2) is 6.22. The van der Waals surface area contributed by atoms with Gasteiger partial charge in [-0.3, -0.25) is 4.79 Å². The smallest absolute Gasteiger partial charge is 0.254 e. The first-order valence-corrected chi connectivity index (χ1v) is 8.23. The van der Waals surface area contributed by atoms with Gasteiger partial charge in [0, 0.05) is 25.2 Å². The molecule has 2 aliphatic rings. The van der Waals surface area contributed by atoms with E-state index in [9.17, 15) is 4.79 Å². The molecule has 2 atom stereocenters. The van der Waals surface area contributed by atoms with Crippen LogP contribution in [-0.2, 0) is 0 Å². The van der Waals surface area contributed by atoms with Gasteiger partial charge < -0.3 is 10.2 Å². The van der Waals surface area contributed by atoms with Crippen LogP contribution in [0.4, 0.5) is 5.82 Å². The fraction of sp³-hybridized carbons (Fsp3) is 0.625. The quantitative estimate of drug-likeness (QED) is 0.850. The maximum atomic E-state index is 12.9. The molecule has 1 aliphatic carbocycles. The van der Waals surface area contributed by atoms with Gasteiger partial charge in [-0.2, -0.15) is 0 Å². The number of anilines is 1. The maximum absolute atomic E-state index is 12.9. The number of fused-ring (bicyclic) bond motifs is 1. The molecule has 1 saturated carbocycles. The van der Waals surface area contributed by atoms with Crippen molar-refractivity contribution in [3.05, 3.63) is 22.8 Å². The number of likely N-dealkylation sites (tertiary alicyclic amines) is 1. The number of amides is 1. The lowest BCUT2D eigenvalue weighted by Gasteiger charge is -2.44. The summed E-state index contributed by atoms with van der Waals surface area (Å²) in [5, 5.41) is 3.32. The molecule has 1 N–H and O–H groups in total. The minimum atomic E-state index is 0.104. The van der Waals surface area contributed by atoms with Gasteiger partial charge in [-0.25, -0.2) is 4.98 Å². The van der Waals surface area contributed by atoms with Crippen molar-refractivity contribution in [3.8, 4) is 0 Å². The Morgan fingerprint density at radius 3 is 2.86 bits per heavy atom. The second-order valence-corrected chi connectivity index (χ2v) is 6.45. The van der Waals surface area contributed by atoms with E-state index in [0.29, 0.717) is 28.5 Å². The van der Waals surface area contributed by atoms with Crippen molar-refractivity contribution in [3.63, 3.8) is 0 Å². The third kappa shape index (κ3) is 3.00. The molecule has 4 nitrogen and oxygen atoms in total. The Labute approximate surface area is 130 Å². The number of nitrogens with one attached hydrogen (secondary N) is 1. The van der Waals surface area contributed by atoms with E-state index in [1.807, 2.05) is 0 Å². The van der Waals surface area contributed by atoms with Gasteiger partial charge in [-0.1, -0.05) is 24.4 Å². The van der Waals surface area contributed by atoms with Crippen LogP contribution in [0.15, 0.2) is 12.1 Å². The van der Waals surface area contributed by atoms with Crippen LogP contribution in [0.1, 0.15) is 48.9 Å². The standard InChI is InChI=1S/C16H22ClN3O/c1-18-15-10-12(9-14(17)19-15)16(21)20-8-4-6-11-5-2-3-7-13(11)20/h9-11,13H,2-8H2,1H3,(H,18,19). The first kappa shape index (κ1) is 14.6. The van der Waals surface area contributed by atoms with Gasteiger partial charge in [-0.05, 0) is 43.7 Å². The summed E-state index contributed by atoms with van der Waals surface area (Å²) in [5.41, 5.74) is 0.644. The highest BCUT2D eigenvalue weighted by Crippen LogP contribution is 2.36. The molecule has 1 aromatic rings. The number of nitrogens with zero attached hydrogens (tertiary/aromatic N) is 2. The zero-order valence-corrected chi connectivity index (χ0v) is 13.2. The van der Waals surface area contributed by atoms with Crippen molar-refractivity contribution in [1.82, 2.24) is 9.88 Å². The molecular formula is C16H22ClN3O. The number of halogens is 1. The molecule has 0 spiro atoms. The monoisotopic (exact) mass is 307 g/mol. The molecule has 5 heteroatoms. The topological polar surface area (TPSA) is 45.2 Å². The van der Waals surface area contributed by atoms with E-state index in [-0.39, 0.29) is 5.91 Å². The van der Waals surface area contributed by atoms with Gasteiger partial charge in [0.2, 0.25) is 0 Å². The molecule has 1 amide bonds. The molecule has 1 saturated heterocycles. The van der Waals surface area contributed by atoms with Gasteiger partial charge >= 0.3 is 0 Å². The third-order valence-corrected chi connectivity index (χ3v) is 4.99. The molecule has 0 radical (unpaired) electrons. The summed E-state index contributed by atoms with van der Waals surface area (Å²) in [6.45, 7) is 0.870. The van der Waals surface area contributed by atoms with E-state index in [0.717, 1.165) is 19.4 Å². The minimum absolute atomic E-state index is 0.104. The Bertz CT molecular complexity index is 532. The highest BCUT2D eigenvalue weighted by Gasteiger charge is 2.36. The van der Waals surface area contributed by atoms with Crippen molar-refractivity contribution < 1.29 is 4.79 Å². The molecule has 1 aromatic heterocycles. The lowest BCUT2D eigenvalue weighted by Crippen LogP contribution is -2.49. The summed E-state index contributed by atoms with van der Waals surface area (Å²) >= 11 is 6.03. The van der Waals surface area contributed by atoms with Crippen LogP contribution in [0, 0.1) is 5.92 Å². The summed E-state index contributed by atoms with van der Waals surface area (Å²) in [6, 6.07) is 3.89. The fourth-order valence-corrected chi connectivity index (χ4v) is 4.00. The first-order chi connectivity index (χ1) is 10.2. The molecule has 0 aromatic carbocycles. The molecule has 2 heterocycles. The average molecular weight is 308 g/mol. The maximum Gasteiger partial charge on any atom is 0.254 e. The van der Waals surface area contributed by atoms with E-state index >= 15 is 0 Å². The summed E-state index contributed by atoms with van der Waals surface area (Å²) in [6.07, 6.45) is 7.36. The van der Waals surface area contributed by atoms with E-state index in [4.69, 9.17) is 11.6 Å². The van der Waals surface area contributed by atoms with Crippen LogP contribution < -0.4 is 5.32 Å². The van der Waals surface area contributed by atoms with Crippen molar-refractivity contribution in [2.75, 3.05) is 18.9 Å². The number of hydrogen-bond donors (Lipinski definition) is 1. The summed E-state index contributed by atoms with van der Waals surface area (Å²) in [7, 11) is 1.78. The van der Waals surface area contributed by atoms with E-state index < -0.39 is 0 Å². The van der Waals surface area contributed by atoms with Crippen LogP contribution in [0.25, 0.3) is 0 Å². The molecule has 2 fully saturated rings. The highest BCUT2D eigenvalue weighted by atomic mass is 35.5. The number of rotatable bonds is 2. The van der Waals surface area contributed by atoms with Crippen LogP contribution in [0.5, 0.6) is 0 Å². The Kier molecular flexibility index (Phi) is 4.34. The van der Waals surface area contributed by atoms with E-state index in [2.05, 4.69) is 15.2 Å². The number of carbonyl (C=O) groups excluding carboxylic acids is 1. The van der Waals surface area contributed by atoms with Crippen LogP contribution in [-0.4, -0.2) is 35.4 Å². The fourth-order valence-electron chi connectivity index (χ4n) is 3.79. The van der Waals surface area contributed by atoms with Crippen molar-refractivity contribution in [1.29, 1.82) is 0 Å². The van der Waals surface area contributed by atoms with Crippen molar-refractivity contribution in [2.45, 2.75) is 44.6 Å². The van der Waals surface area contributed by atoms with Gasteiger partial charge in [0.1, 0.15) is 11.0 Å². The zero-order valence-electron chi connectivity index (χ0n) is 12.4. The molecule has 0 bridgehead atoms. The van der Waals surface area contributed by atoms with Gasteiger partial charge in [0.25, 0.3) is 5.91 Å². The number of piperidine rings is 1. The van der Waals surface area contributed by atoms with Crippen LogP contribution in [0.3, 0.4) is 0 Å². The van der Waals surface area contributed by atoms with E-state index in [1.165, 1.54) is 25.7 Å². The number of carbonyl (C=O) groups is 1. The normalized spacial score (nSPS) is 25.3. The molecule has 21 heavy (non-hydrogen) atoms. The van der Waals surface area contributed by atoms with E-state index in [1.54, 1.807) is 19.2 Å². The summed E-state index contributed by atoms with van der Waals surface area (Å²) in [5.74, 6) is 1.44. The predicted molar refractivity (Wildman–Crippen MR) is 84.8 cm³/mol. The molecule has 1 aliphatic heterocycles. The molecular weight excluding hydrogens is 286 g/mol. The Morgan fingerprint density at radius 1 is 1.29 bits per heavy atom. The second-order valence-electron chi connectivity index (χ2n) is 6.07. The molecule has 3 rings (SSSR count). The minimum Gasteiger partial charge on any atom is -0.373 e. The number of pyridine rings is 1. The van der Waals surface area contributed by atoms with Crippen LogP contribution in [0.2, 0.25) is 5.15 Å². The summed E-state index contributed by atoms with van der Waals surface area (Å²) < 4.78 is 0. The van der Waals surface area contributed by atoms with Crippen LogP contribution >= 0.6 is 11.6 Å².